The highest BCUT2D eigenvalue weighted by Gasteiger charge is 2.43. The fourth-order valence-electron chi connectivity index (χ4n) is 5.36. The molecule has 3 atom stereocenters. The molecule has 5 heterocycles. The molecule has 0 aromatic carbocycles. The first kappa shape index (κ1) is 19.3. The Kier molecular flexibility index (Phi) is 5.32. The SMILES string of the molecule is Cc1ccc(N2CCCC2)c(C(=O)N2CC3CCC2CC3COc2ccccn2)n1. The molecule has 1 amide bonds. The van der Waals surface area contributed by atoms with Crippen LogP contribution < -0.4 is 9.64 Å². The summed E-state index contributed by atoms with van der Waals surface area (Å²) in [5.41, 5.74) is 2.57. The summed E-state index contributed by atoms with van der Waals surface area (Å²) < 4.78 is 5.95. The van der Waals surface area contributed by atoms with E-state index in [1.165, 1.54) is 19.3 Å². The van der Waals surface area contributed by atoms with Gasteiger partial charge in [-0.2, -0.15) is 0 Å². The molecule has 6 heteroatoms. The Hall–Kier alpha value is -2.63. The molecule has 3 unspecified atom stereocenters. The van der Waals surface area contributed by atoms with Crippen LogP contribution >= 0.6 is 0 Å². The van der Waals surface area contributed by atoms with E-state index in [0.29, 0.717) is 30.0 Å². The number of hydrogen-bond donors (Lipinski definition) is 0. The molecular formula is C24H30N4O2. The van der Waals surface area contributed by atoms with E-state index in [-0.39, 0.29) is 11.9 Å². The summed E-state index contributed by atoms with van der Waals surface area (Å²) in [6.45, 7) is 5.50. The molecule has 2 bridgehead atoms. The molecule has 2 aromatic heterocycles. The lowest BCUT2D eigenvalue weighted by Crippen LogP contribution is -2.55. The van der Waals surface area contributed by atoms with Gasteiger partial charge in [-0.25, -0.2) is 9.97 Å². The summed E-state index contributed by atoms with van der Waals surface area (Å²) in [6, 6.07) is 10.1. The summed E-state index contributed by atoms with van der Waals surface area (Å²) in [6.07, 6.45) is 7.40. The summed E-state index contributed by atoms with van der Waals surface area (Å²) in [5, 5.41) is 0. The van der Waals surface area contributed by atoms with Gasteiger partial charge in [0.2, 0.25) is 5.88 Å². The first-order valence-corrected chi connectivity index (χ1v) is 11.3. The molecule has 1 saturated carbocycles. The van der Waals surface area contributed by atoms with Gasteiger partial charge in [0.1, 0.15) is 0 Å². The highest BCUT2D eigenvalue weighted by atomic mass is 16.5. The van der Waals surface area contributed by atoms with Crippen LogP contribution in [0.4, 0.5) is 5.69 Å². The van der Waals surface area contributed by atoms with Crippen LogP contribution in [0.2, 0.25) is 0 Å². The van der Waals surface area contributed by atoms with Gasteiger partial charge in [0.05, 0.1) is 12.3 Å². The van der Waals surface area contributed by atoms with Gasteiger partial charge >= 0.3 is 0 Å². The second-order valence-corrected chi connectivity index (χ2v) is 8.94. The van der Waals surface area contributed by atoms with Crippen molar-refractivity contribution in [2.75, 3.05) is 31.1 Å². The molecule has 0 N–H and O–H groups in total. The van der Waals surface area contributed by atoms with Gasteiger partial charge in [-0.3, -0.25) is 4.79 Å². The number of ether oxygens (including phenoxy) is 1. The largest absolute Gasteiger partial charge is 0.477 e. The van der Waals surface area contributed by atoms with Crippen LogP contribution in [-0.4, -0.2) is 53.1 Å². The minimum absolute atomic E-state index is 0.111. The number of amides is 1. The number of fused-ring (bicyclic) bond motifs is 3. The maximum atomic E-state index is 13.6. The van der Waals surface area contributed by atoms with Crippen LogP contribution in [0.5, 0.6) is 5.88 Å². The number of aromatic nitrogens is 2. The summed E-state index contributed by atoms with van der Waals surface area (Å²) in [5.74, 6) is 1.77. The van der Waals surface area contributed by atoms with Gasteiger partial charge in [0.25, 0.3) is 5.91 Å². The van der Waals surface area contributed by atoms with Crippen molar-refractivity contribution in [1.82, 2.24) is 14.9 Å². The molecule has 0 radical (unpaired) electrons. The highest BCUT2D eigenvalue weighted by molar-refractivity contribution is 5.98. The molecule has 30 heavy (non-hydrogen) atoms. The van der Waals surface area contributed by atoms with Gasteiger partial charge < -0.3 is 14.5 Å². The van der Waals surface area contributed by atoms with Crippen LogP contribution in [0.3, 0.4) is 0 Å². The molecule has 0 spiro atoms. The third kappa shape index (κ3) is 3.75. The van der Waals surface area contributed by atoms with Crippen molar-refractivity contribution < 1.29 is 9.53 Å². The number of piperidine rings is 2. The topological polar surface area (TPSA) is 58.6 Å². The molecule has 6 nitrogen and oxygen atoms in total. The molecule has 6 rings (SSSR count). The van der Waals surface area contributed by atoms with E-state index in [9.17, 15) is 4.79 Å². The number of anilines is 1. The number of aryl methyl sites for hydroxylation is 1. The fraction of sp³-hybridized carbons (Fsp3) is 0.542. The third-order valence-corrected chi connectivity index (χ3v) is 6.99. The van der Waals surface area contributed by atoms with Crippen LogP contribution in [0.1, 0.15) is 48.3 Å². The van der Waals surface area contributed by atoms with Crippen molar-refractivity contribution >= 4 is 11.6 Å². The zero-order chi connectivity index (χ0) is 20.5. The smallest absolute Gasteiger partial charge is 0.274 e. The highest BCUT2D eigenvalue weighted by Crippen LogP contribution is 2.40. The lowest BCUT2D eigenvalue weighted by molar-refractivity contribution is -0.00502. The van der Waals surface area contributed by atoms with Crippen LogP contribution in [0.25, 0.3) is 0 Å². The monoisotopic (exact) mass is 406 g/mol. The number of pyridine rings is 2. The van der Waals surface area contributed by atoms with Gasteiger partial charge in [-0.15, -0.1) is 0 Å². The van der Waals surface area contributed by atoms with E-state index < -0.39 is 0 Å². The minimum Gasteiger partial charge on any atom is -0.477 e. The number of carbonyl (C=O) groups excluding carboxylic acids is 1. The Balaban J connectivity index is 1.30. The van der Waals surface area contributed by atoms with Gasteiger partial charge in [-0.1, -0.05) is 6.07 Å². The van der Waals surface area contributed by atoms with Gasteiger partial charge in [0.15, 0.2) is 5.69 Å². The predicted molar refractivity (Wildman–Crippen MR) is 116 cm³/mol. The summed E-state index contributed by atoms with van der Waals surface area (Å²) in [7, 11) is 0. The Morgan fingerprint density at radius 1 is 1.17 bits per heavy atom. The number of nitrogens with zero attached hydrogens (tertiary/aromatic N) is 4. The van der Waals surface area contributed by atoms with E-state index in [0.717, 1.165) is 43.9 Å². The average Bonchev–Trinajstić information content (AvgIpc) is 3.33. The molecule has 158 valence electrons. The van der Waals surface area contributed by atoms with Crippen molar-refractivity contribution in [2.24, 2.45) is 11.8 Å². The lowest BCUT2D eigenvalue weighted by atomic mass is 9.72. The third-order valence-electron chi connectivity index (χ3n) is 6.99. The Bertz CT molecular complexity index is 897. The number of carbonyl (C=O) groups is 1. The summed E-state index contributed by atoms with van der Waals surface area (Å²) in [4.78, 5) is 27.0. The molecule has 4 fully saturated rings. The number of rotatable bonds is 5. The zero-order valence-electron chi connectivity index (χ0n) is 17.7. The van der Waals surface area contributed by atoms with Crippen molar-refractivity contribution in [3.8, 4) is 5.88 Å². The zero-order valence-corrected chi connectivity index (χ0v) is 17.7. The second-order valence-electron chi connectivity index (χ2n) is 8.94. The van der Waals surface area contributed by atoms with Crippen molar-refractivity contribution in [2.45, 2.75) is 45.1 Å². The normalized spacial score (nSPS) is 25.6. The first-order chi connectivity index (χ1) is 14.7. The van der Waals surface area contributed by atoms with E-state index in [1.807, 2.05) is 31.2 Å². The van der Waals surface area contributed by atoms with Crippen LogP contribution in [0, 0.1) is 18.8 Å². The predicted octanol–water partition coefficient (Wildman–Crippen LogP) is 3.70. The standard InChI is InChI=1S/C24H30N4O2/c1-17-7-10-21(27-12-4-5-13-27)23(26-17)24(29)28-15-18-8-9-20(28)14-19(18)16-30-22-6-2-3-11-25-22/h2-3,6-7,10-11,18-20H,4-5,8-9,12-16H2,1H3. The molecule has 3 saturated heterocycles. The van der Waals surface area contributed by atoms with Crippen molar-refractivity contribution in [1.29, 1.82) is 0 Å². The van der Waals surface area contributed by atoms with Gasteiger partial charge in [0, 0.05) is 43.6 Å². The minimum atomic E-state index is 0.111. The Labute approximate surface area is 178 Å². The maximum Gasteiger partial charge on any atom is 0.274 e. The molecule has 1 aliphatic carbocycles. The van der Waals surface area contributed by atoms with E-state index in [4.69, 9.17) is 9.72 Å². The van der Waals surface area contributed by atoms with Crippen molar-refractivity contribution in [3.05, 3.63) is 47.9 Å². The maximum absolute atomic E-state index is 13.6. The molecule has 4 aliphatic rings. The Morgan fingerprint density at radius 2 is 2.03 bits per heavy atom. The van der Waals surface area contributed by atoms with Crippen LogP contribution in [0.15, 0.2) is 36.5 Å². The number of hydrogen-bond acceptors (Lipinski definition) is 5. The quantitative estimate of drug-likeness (QED) is 0.758. The van der Waals surface area contributed by atoms with Gasteiger partial charge in [-0.05, 0) is 69.1 Å². The van der Waals surface area contributed by atoms with Crippen molar-refractivity contribution in [3.63, 3.8) is 0 Å². The van der Waals surface area contributed by atoms with E-state index in [1.54, 1.807) is 6.20 Å². The second kappa shape index (κ2) is 8.25. The molecule has 3 aliphatic heterocycles. The van der Waals surface area contributed by atoms with Crippen LogP contribution in [-0.2, 0) is 0 Å². The first-order valence-electron chi connectivity index (χ1n) is 11.3. The average molecular weight is 407 g/mol. The molecule has 2 aromatic rings. The fourth-order valence-corrected chi connectivity index (χ4v) is 5.36. The lowest BCUT2D eigenvalue weighted by Gasteiger charge is -2.49. The Morgan fingerprint density at radius 3 is 2.77 bits per heavy atom. The van der Waals surface area contributed by atoms with E-state index >= 15 is 0 Å². The van der Waals surface area contributed by atoms with E-state index in [2.05, 4.69) is 20.9 Å². The summed E-state index contributed by atoms with van der Waals surface area (Å²) >= 11 is 0. The molecular weight excluding hydrogens is 376 g/mol.